The maximum atomic E-state index is 11.1. The van der Waals surface area contributed by atoms with Crippen molar-refractivity contribution in [2.24, 2.45) is 0 Å². The molecule has 0 saturated carbocycles. The van der Waals surface area contributed by atoms with Crippen molar-refractivity contribution in [2.45, 2.75) is 6.92 Å². The number of nitrogens with zero attached hydrogens (tertiary/aromatic N) is 3. The minimum Gasteiger partial charge on any atom is -0.478 e. The lowest BCUT2D eigenvalue weighted by Gasteiger charge is -2.08. The molecule has 0 unspecified atom stereocenters. The van der Waals surface area contributed by atoms with Crippen molar-refractivity contribution in [3.63, 3.8) is 0 Å². The topological polar surface area (TPSA) is 116 Å². The van der Waals surface area contributed by atoms with Crippen molar-refractivity contribution in [1.82, 2.24) is 20.2 Å². The van der Waals surface area contributed by atoms with Crippen LogP contribution in [0.25, 0.3) is 0 Å². The van der Waals surface area contributed by atoms with E-state index >= 15 is 0 Å². The molecule has 0 radical (unpaired) electrons. The van der Waals surface area contributed by atoms with Crippen molar-refractivity contribution in [2.75, 3.05) is 10.6 Å². The Hall–Kier alpha value is -3.13. The van der Waals surface area contributed by atoms with Crippen molar-refractivity contribution in [3.8, 4) is 0 Å². The number of benzene rings is 1. The van der Waals surface area contributed by atoms with E-state index in [9.17, 15) is 4.79 Å². The van der Waals surface area contributed by atoms with Crippen molar-refractivity contribution in [3.05, 3.63) is 52.9 Å². The highest BCUT2D eigenvalue weighted by Gasteiger charge is 2.10. The summed E-state index contributed by atoms with van der Waals surface area (Å²) in [5.41, 5.74) is 1.47. The van der Waals surface area contributed by atoms with Crippen molar-refractivity contribution < 1.29 is 9.90 Å². The number of halogens is 1. The number of aromatic nitrogens is 4. The third-order valence-corrected chi connectivity index (χ3v) is 3.40. The van der Waals surface area contributed by atoms with Crippen LogP contribution in [0.5, 0.6) is 0 Å². The summed E-state index contributed by atoms with van der Waals surface area (Å²) in [6.45, 7) is 1.89. The van der Waals surface area contributed by atoms with E-state index in [-0.39, 0.29) is 10.6 Å². The third kappa shape index (κ3) is 3.61. The van der Waals surface area contributed by atoms with Gasteiger partial charge in [-0.2, -0.15) is 5.10 Å². The average Bonchev–Trinajstić information content (AvgIpc) is 2.94. The Bertz CT molecular complexity index is 895. The zero-order valence-corrected chi connectivity index (χ0v) is 13.3. The molecule has 2 heterocycles. The van der Waals surface area contributed by atoms with Gasteiger partial charge in [-0.1, -0.05) is 11.6 Å². The molecule has 0 bridgehead atoms. The number of aromatic amines is 1. The van der Waals surface area contributed by atoms with Crippen molar-refractivity contribution in [1.29, 1.82) is 0 Å². The fourth-order valence-corrected chi connectivity index (χ4v) is 2.21. The molecule has 4 N–H and O–H groups in total. The van der Waals surface area contributed by atoms with Crippen LogP contribution in [0.15, 0.2) is 36.7 Å². The number of anilines is 4. The molecule has 3 rings (SSSR count). The summed E-state index contributed by atoms with van der Waals surface area (Å²) in [7, 11) is 0. The van der Waals surface area contributed by atoms with Crippen LogP contribution in [0.3, 0.4) is 0 Å². The fraction of sp³-hybridized carbons (Fsp3) is 0.0667. The van der Waals surface area contributed by atoms with E-state index < -0.39 is 5.97 Å². The number of rotatable bonds is 5. The van der Waals surface area contributed by atoms with Gasteiger partial charge < -0.3 is 15.7 Å². The highest BCUT2D eigenvalue weighted by molar-refractivity contribution is 6.33. The van der Waals surface area contributed by atoms with Crippen LogP contribution in [0, 0.1) is 6.92 Å². The van der Waals surface area contributed by atoms with Gasteiger partial charge in [0.2, 0.25) is 0 Å². The van der Waals surface area contributed by atoms with Crippen molar-refractivity contribution >= 4 is 40.7 Å². The SMILES string of the molecule is Cc1cc(Nc2cncc(Nc3ccc(Cl)c(C(=O)O)c3)n2)n[nH]1. The van der Waals surface area contributed by atoms with Crippen LogP contribution in [-0.4, -0.2) is 31.2 Å². The monoisotopic (exact) mass is 344 g/mol. The number of carboxylic acid groups (broad SMARTS) is 1. The Balaban J connectivity index is 1.79. The van der Waals surface area contributed by atoms with E-state index in [1.165, 1.54) is 18.3 Å². The van der Waals surface area contributed by atoms with Gasteiger partial charge in [0.05, 0.1) is 23.0 Å². The molecule has 0 fully saturated rings. The second-order valence-electron chi connectivity index (χ2n) is 4.98. The number of hydrogen-bond donors (Lipinski definition) is 4. The highest BCUT2D eigenvalue weighted by Crippen LogP contribution is 2.23. The molecule has 9 heteroatoms. The summed E-state index contributed by atoms with van der Waals surface area (Å²) >= 11 is 5.86. The largest absolute Gasteiger partial charge is 0.478 e. The molecule has 0 aliphatic rings. The molecular formula is C15H13ClN6O2. The smallest absolute Gasteiger partial charge is 0.337 e. The van der Waals surface area contributed by atoms with Crippen LogP contribution < -0.4 is 10.6 Å². The molecule has 1 aromatic carbocycles. The maximum Gasteiger partial charge on any atom is 0.337 e. The molecule has 3 aromatic rings. The first-order valence-corrected chi connectivity index (χ1v) is 7.30. The molecule has 0 atom stereocenters. The third-order valence-electron chi connectivity index (χ3n) is 3.07. The molecule has 8 nitrogen and oxygen atoms in total. The molecular weight excluding hydrogens is 332 g/mol. The van der Waals surface area contributed by atoms with E-state index in [1.54, 1.807) is 12.3 Å². The molecule has 0 aliphatic heterocycles. The van der Waals surface area contributed by atoms with E-state index in [2.05, 4.69) is 30.8 Å². The van der Waals surface area contributed by atoms with Crippen LogP contribution in [0.2, 0.25) is 5.02 Å². The minimum absolute atomic E-state index is 0.0101. The highest BCUT2D eigenvalue weighted by atomic mass is 35.5. The van der Waals surface area contributed by atoms with Gasteiger partial charge in [-0.25, -0.2) is 9.78 Å². The molecule has 0 aliphatic carbocycles. The summed E-state index contributed by atoms with van der Waals surface area (Å²) in [6, 6.07) is 6.44. The van der Waals surface area contributed by atoms with Crippen LogP contribution in [-0.2, 0) is 0 Å². The zero-order chi connectivity index (χ0) is 17.1. The van der Waals surface area contributed by atoms with Gasteiger partial charge in [0.1, 0.15) is 0 Å². The summed E-state index contributed by atoms with van der Waals surface area (Å²) < 4.78 is 0. The molecule has 0 amide bonds. The fourth-order valence-electron chi connectivity index (χ4n) is 2.01. The first-order valence-electron chi connectivity index (χ1n) is 6.92. The Morgan fingerprint density at radius 3 is 2.58 bits per heavy atom. The maximum absolute atomic E-state index is 11.1. The van der Waals surface area contributed by atoms with Gasteiger partial charge >= 0.3 is 5.97 Å². The van der Waals surface area contributed by atoms with Gasteiger partial charge in [-0.3, -0.25) is 10.1 Å². The number of aryl methyl sites for hydroxylation is 1. The second-order valence-corrected chi connectivity index (χ2v) is 5.38. The summed E-state index contributed by atoms with van der Waals surface area (Å²) in [5.74, 6) is 0.475. The first kappa shape index (κ1) is 15.8. The Morgan fingerprint density at radius 1 is 1.17 bits per heavy atom. The van der Waals surface area contributed by atoms with Gasteiger partial charge in [0.15, 0.2) is 17.5 Å². The molecule has 0 saturated heterocycles. The Labute approximate surface area is 141 Å². The first-order chi connectivity index (χ1) is 11.5. The van der Waals surface area contributed by atoms with E-state index in [0.717, 1.165) is 5.69 Å². The van der Waals surface area contributed by atoms with E-state index in [4.69, 9.17) is 16.7 Å². The van der Waals surface area contributed by atoms with Gasteiger partial charge in [-0.15, -0.1) is 0 Å². The number of aromatic carboxylic acids is 1. The summed E-state index contributed by atoms with van der Waals surface area (Å²) in [6.07, 6.45) is 3.08. The molecule has 0 spiro atoms. The average molecular weight is 345 g/mol. The minimum atomic E-state index is -1.10. The molecule has 122 valence electrons. The Kier molecular flexibility index (Phi) is 4.30. The number of carboxylic acids is 1. The quantitative estimate of drug-likeness (QED) is 0.560. The Morgan fingerprint density at radius 2 is 1.92 bits per heavy atom. The number of nitrogens with one attached hydrogen (secondary N) is 3. The predicted octanol–water partition coefficient (Wildman–Crippen LogP) is 3.35. The lowest BCUT2D eigenvalue weighted by molar-refractivity contribution is 0.0697. The summed E-state index contributed by atoms with van der Waals surface area (Å²) in [5, 5.41) is 22.2. The molecule has 24 heavy (non-hydrogen) atoms. The summed E-state index contributed by atoms with van der Waals surface area (Å²) in [4.78, 5) is 19.6. The lowest BCUT2D eigenvalue weighted by atomic mass is 10.2. The number of H-pyrrole nitrogens is 1. The zero-order valence-electron chi connectivity index (χ0n) is 12.5. The molecule has 2 aromatic heterocycles. The number of hydrogen-bond acceptors (Lipinski definition) is 6. The normalized spacial score (nSPS) is 10.4. The van der Waals surface area contributed by atoms with Gasteiger partial charge in [0, 0.05) is 17.4 Å². The lowest BCUT2D eigenvalue weighted by Crippen LogP contribution is -2.02. The van der Waals surface area contributed by atoms with E-state index in [0.29, 0.717) is 23.1 Å². The predicted molar refractivity (Wildman–Crippen MR) is 90.3 cm³/mol. The van der Waals surface area contributed by atoms with Gasteiger partial charge in [0.25, 0.3) is 0 Å². The van der Waals surface area contributed by atoms with Crippen LogP contribution in [0.4, 0.5) is 23.1 Å². The van der Waals surface area contributed by atoms with Gasteiger partial charge in [-0.05, 0) is 25.1 Å². The van der Waals surface area contributed by atoms with E-state index in [1.807, 2.05) is 13.0 Å². The van der Waals surface area contributed by atoms with Crippen LogP contribution in [0.1, 0.15) is 16.1 Å². The van der Waals surface area contributed by atoms with Crippen LogP contribution >= 0.6 is 11.6 Å². The number of carbonyl (C=O) groups is 1. The second kappa shape index (κ2) is 6.55. The standard InChI is InChI=1S/C15H13ClN6O2/c1-8-4-12(22-21-8)19-14-7-17-6-13(20-14)18-9-2-3-11(16)10(5-9)15(23)24/h2-7H,1H3,(H,23,24)(H3,18,19,20,21,22).